The molecule has 2 aromatic rings. The second-order valence-electron chi connectivity index (χ2n) is 5.20. The van der Waals surface area contributed by atoms with E-state index in [-0.39, 0.29) is 25.0 Å². The Morgan fingerprint density at radius 2 is 1.08 bits per heavy atom. The highest BCUT2D eigenvalue weighted by molar-refractivity contribution is 5.97. The second kappa shape index (κ2) is 7.50. The van der Waals surface area contributed by atoms with Gasteiger partial charge in [-0.05, 0) is 24.3 Å². The molecular formula is C18H18N2O4. The Bertz CT molecular complexity index is 682. The smallest absolute Gasteiger partial charge is 0.255 e. The molecule has 3 rings (SSSR count). The predicted molar refractivity (Wildman–Crippen MR) is 88.5 cm³/mol. The molecule has 2 N–H and O–H groups in total. The number of amides is 2. The van der Waals surface area contributed by atoms with Crippen molar-refractivity contribution < 1.29 is 19.1 Å². The van der Waals surface area contributed by atoms with E-state index in [0.29, 0.717) is 35.7 Å². The molecule has 0 radical (unpaired) electrons. The van der Waals surface area contributed by atoms with Gasteiger partial charge in [-0.3, -0.25) is 9.59 Å². The average molecular weight is 326 g/mol. The molecule has 124 valence electrons. The van der Waals surface area contributed by atoms with Crippen LogP contribution in [0.2, 0.25) is 0 Å². The van der Waals surface area contributed by atoms with E-state index >= 15 is 0 Å². The summed E-state index contributed by atoms with van der Waals surface area (Å²) in [7, 11) is 0. The van der Waals surface area contributed by atoms with Gasteiger partial charge in [0.25, 0.3) is 11.8 Å². The lowest BCUT2D eigenvalue weighted by Crippen LogP contribution is -2.31. The number of benzene rings is 2. The number of hydrogen-bond acceptors (Lipinski definition) is 4. The summed E-state index contributed by atoms with van der Waals surface area (Å²) in [6, 6.07) is 14.0. The molecule has 1 aliphatic heterocycles. The average Bonchev–Trinajstić information content (AvgIpc) is 2.62. The lowest BCUT2D eigenvalue weighted by atomic mass is 10.2. The number of hydrogen-bond donors (Lipinski definition) is 2. The summed E-state index contributed by atoms with van der Waals surface area (Å²) in [5.41, 5.74) is 0.919. The van der Waals surface area contributed by atoms with Crippen LogP contribution in [-0.4, -0.2) is 38.1 Å². The maximum Gasteiger partial charge on any atom is 0.255 e. The van der Waals surface area contributed by atoms with Gasteiger partial charge < -0.3 is 20.1 Å². The standard InChI is InChI=1S/C18H18N2O4/c21-17-13-5-1-3-7-15(13)23-11-10-20-18(22)14-6-2-4-8-16(14)24-12-9-19-17/h1-8H,9-12H2,(H,19,21)(H,20,22). The van der Waals surface area contributed by atoms with Crippen LogP contribution >= 0.6 is 0 Å². The third-order valence-electron chi connectivity index (χ3n) is 3.55. The highest BCUT2D eigenvalue weighted by atomic mass is 16.5. The first-order valence-corrected chi connectivity index (χ1v) is 7.76. The summed E-state index contributed by atoms with van der Waals surface area (Å²) in [5, 5.41) is 5.58. The summed E-state index contributed by atoms with van der Waals surface area (Å²) in [6.45, 7) is 1.17. The molecule has 2 amide bonds. The number of para-hydroxylation sites is 2. The maximum atomic E-state index is 12.3. The molecule has 6 heteroatoms. The summed E-state index contributed by atoms with van der Waals surface area (Å²) < 4.78 is 11.3. The van der Waals surface area contributed by atoms with Crippen LogP contribution in [0.5, 0.6) is 11.5 Å². The van der Waals surface area contributed by atoms with Gasteiger partial charge in [0, 0.05) is 0 Å². The Hall–Kier alpha value is -3.02. The van der Waals surface area contributed by atoms with Gasteiger partial charge in [0.1, 0.15) is 24.7 Å². The van der Waals surface area contributed by atoms with Crippen LogP contribution in [0.15, 0.2) is 48.5 Å². The fourth-order valence-corrected chi connectivity index (χ4v) is 2.40. The van der Waals surface area contributed by atoms with E-state index in [1.54, 1.807) is 48.5 Å². The van der Waals surface area contributed by atoms with Gasteiger partial charge >= 0.3 is 0 Å². The van der Waals surface area contributed by atoms with Gasteiger partial charge in [0.2, 0.25) is 0 Å². The van der Waals surface area contributed by atoms with E-state index in [2.05, 4.69) is 10.6 Å². The largest absolute Gasteiger partial charge is 0.491 e. The second-order valence-corrected chi connectivity index (χ2v) is 5.20. The summed E-state index contributed by atoms with van der Waals surface area (Å²) in [5.74, 6) is 0.539. The molecule has 0 saturated heterocycles. The Morgan fingerprint density at radius 3 is 1.54 bits per heavy atom. The molecule has 2 aromatic carbocycles. The first-order valence-electron chi connectivity index (χ1n) is 7.76. The highest BCUT2D eigenvalue weighted by Gasteiger charge is 2.15. The van der Waals surface area contributed by atoms with Crippen molar-refractivity contribution in [2.75, 3.05) is 26.3 Å². The molecular weight excluding hydrogens is 308 g/mol. The Labute approximate surface area is 139 Å². The molecule has 24 heavy (non-hydrogen) atoms. The number of nitrogens with one attached hydrogen (secondary N) is 2. The van der Waals surface area contributed by atoms with Crippen molar-refractivity contribution in [3.63, 3.8) is 0 Å². The fourth-order valence-electron chi connectivity index (χ4n) is 2.40. The van der Waals surface area contributed by atoms with Crippen molar-refractivity contribution in [1.82, 2.24) is 10.6 Å². The van der Waals surface area contributed by atoms with Gasteiger partial charge in [-0.25, -0.2) is 0 Å². The minimum atomic E-state index is -0.219. The number of ether oxygens (including phenoxy) is 2. The number of carbonyl (C=O) groups excluding carboxylic acids is 2. The van der Waals surface area contributed by atoms with E-state index in [4.69, 9.17) is 9.47 Å². The Kier molecular flexibility index (Phi) is 4.96. The normalized spacial score (nSPS) is 15.5. The molecule has 0 aromatic heterocycles. The first kappa shape index (κ1) is 15.9. The maximum absolute atomic E-state index is 12.3. The van der Waals surface area contributed by atoms with Crippen LogP contribution < -0.4 is 20.1 Å². The van der Waals surface area contributed by atoms with Gasteiger partial charge in [0.15, 0.2) is 0 Å². The Morgan fingerprint density at radius 1 is 0.667 bits per heavy atom. The van der Waals surface area contributed by atoms with Crippen LogP contribution in [0.4, 0.5) is 0 Å². The van der Waals surface area contributed by atoms with Crippen LogP contribution in [0.3, 0.4) is 0 Å². The molecule has 0 atom stereocenters. The minimum absolute atomic E-state index is 0.219. The van der Waals surface area contributed by atoms with Crippen molar-refractivity contribution >= 4 is 11.8 Å². The van der Waals surface area contributed by atoms with E-state index in [1.807, 2.05) is 0 Å². The first-order chi connectivity index (χ1) is 11.8. The highest BCUT2D eigenvalue weighted by Crippen LogP contribution is 2.19. The topological polar surface area (TPSA) is 76.7 Å². The number of fused-ring (bicyclic) bond motifs is 2. The van der Waals surface area contributed by atoms with Crippen molar-refractivity contribution in [3.05, 3.63) is 59.7 Å². The monoisotopic (exact) mass is 326 g/mol. The molecule has 0 saturated carbocycles. The lowest BCUT2D eigenvalue weighted by molar-refractivity contribution is 0.0921. The number of carbonyl (C=O) groups is 2. The lowest BCUT2D eigenvalue weighted by Gasteiger charge is -2.15. The fraction of sp³-hybridized carbons (Fsp3) is 0.222. The molecule has 0 aliphatic carbocycles. The summed E-state index contributed by atoms with van der Waals surface area (Å²) in [6.07, 6.45) is 0. The zero-order chi connectivity index (χ0) is 16.8. The molecule has 0 fully saturated rings. The zero-order valence-corrected chi connectivity index (χ0v) is 13.1. The Balaban J connectivity index is 1.79. The van der Waals surface area contributed by atoms with Crippen LogP contribution in [0.25, 0.3) is 0 Å². The van der Waals surface area contributed by atoms with E-state index in [0.717, 1.165) is 0 Å². The van der Waals surface area contributed by atoms with Crippen molar-refractivity contribution in [3.8, 4) is 11.5 Å². The summed E-state index contributed by atoms with van der Waals surface area (Å²) in [4.78, 5) is 24.5. The van der Waals surface area contributed by atoms with E-state index < -0.39 is 0 Å². The SMILES string of the molecule is O=C1NCCOc2ccccc2C(=O)NCCOc2ccccc21. The van der Waals surface area contributed by atoms with Crippen LogP contribution in [0.1, 0.15) is 20.7 Å². The quantitative estimate of drug-likeness (QED) is 0.771. The van der Waals surface area contributed by atoms with Gasteiger partial charge in [0.05, 0.1) is 24.2 Å². The number of rotatable bonds is 0. The predicted octanol–water partition coefficient (Wildman–Crippen LogP) is 1.62. The summed E-state index contributed by atoms with van der Waals surface area (Å²) >= 11 is 0. The zero-order valence-electron chi connectivity index (χ0n) is 13.1. The van der Waals surface area contributed by atoms with Crippen molar-refractivity contribution in [1.29, 1.82) is 0 Å². The third-order valence-corrected chi connectivity index (χ3v) is 3.55. The van der Waals surface area contributed by atoms with Gasteiger partial charge in [-0.15, -0.1) is 0 Å². The molecule has 0 unspecified atom stereocenters. The molecule has 0 bridgehead atoms. The van der Waals surface area contributed by atoms with Gasteiger partial charge in [-0.1, -0.05) is 24.3 Å². The third kappa shape index (κ3) is 3.65. The molecule has 0 spiro atoms. The van der Waals surface area contributed by atoms with Crippen LogP contribution in [-0.2, 0) is 0 Å². The van der Waals surface area contributed by atoms with Crippen molar-refractivity contribution in [2.24, 2.45) is 0 Å². The van der Waals surface area contributed by atoms with Gasteiger partial charge in [-0.2, -0.15) is 0 Å². The van der Waals surface area contributed by atoms with Crippen molar-refractivity contribution in [2.45, 2.75) is 0 Å². The van der Waals surface area contributed by atoms with Crippen LogP contribution in [0, 0.1) is 0 Å². The molecule has 6 nitrogen and oxygen atoms in total. The van der Waals surface area contributed by atoms with E-state index in [9.17, 15) is 9.59 Å². The molecule has 1 aliphatic rings. The van der Waals surface area contributed by atoms with E-state index in [1.165, 1.54) is 0 Å². The minimum Gasteiger partial charge on any atom is -0.491 e. The molecule has 1 heterocycles.